The van der Waals surface area contributed by atoms with Gasteiger partial charge in [-0.1, -0.05) is 18.2 Å². The van der Waals surface area contributed by atoms with E-state index in [2.05, 4.69) is 5.32 Å². The Kier molecular flexibility index (Phi) is 4.50. The highest BCUT2D eigenvalue weighted by atomic mass is 19.1. The molecule has 1 N–H and O–H groups in total. The lowest BCUT2D eigenvalue weighted by atomic mass is 10.0. The van der Waals surface area contributed by atoms with Gasteiger partial charge in [0.25, 0.3) is 11.6 Å². The third-order valence-corrected chi connectivity index (χ3v) is 3.46. The van der Waals surface area contributed by atoms with Gasteiger partial charge in [0.2, 0.25) is 0 Å². The molecule has 0 aliphatic carbocycles. The SMILES string of the molecule is Cc1c(C(=O)N[C@H](C)c2ccc(F)cc2)cccc1[N+](=O)[O-]. The van der Waals surface area contributed by atoms with E-state index in [0.717, 1.165) is 5.56 Å². The summed E-state index contributed by atoms with van der Waals surface area (Å²) in [6, 6.07) is 9.83. The second-order valence-corrected chi connectivity index (χ2v) is 4.95. The largest absolute Gasteiger partial charge is 0.346 e. The maximum absolute atomic E-state index is 12.9. The molecule has 0 radical (unpaired) electrons. The first-order valence-electron chi connectivity index (χ1n) is 6.70. The molecule has 0 heterocycles. The van der Waals surface area contributed by atoms with Crippen LogP contribution in [0.1, 0.15) is 34.5 Å². The number of halogens is 1. The van der Waals surface area contributed by atoms with Gasteiger partial charge in [-0.15, -0.1) is 0 Å². The molecule has 2 aromatic rings. The van der Waals surface area contributed by atoms with Gasteiger partial charge < -0.3 is 5.32 Å². The number of nitro groups is 1. The van der Waals surface area contributed by atoms with Crippen LogP contribution in [0.15, 0.2) is 42.5 Å². The summed E-state index contributed by atoms with van der Waals surface area (Å²) in [5.41, 5.74) is 1.22. The van der Waals surface area contributed by atoms with Gasteiger partial charge in [-0.2, -0.15) is 0 Å². The zero-order valence-electron chi connectivity index (χ0n) is 12.2. The predicted molar refractivity (Wildman–Crippen MR) is 80.1 cm³/mol. The van der Waals surface area contributed by atoms with Crippen molar-refractivity contribution in [2.24, 2.45) is 0 Å². The smallest absolute Gasteiger partial charge is 0.273 e. The summed E-state index contributed by atoms with van der Waals surface area (Å²) in [6.07, 6.45) is 0. The molecular formula is C16H15FN2O3. The molecule has 2 rings (SSSR count). The van der Waals surface area contributed by atoms with E-state index in [1.54, 1.807) is 19.1 Å². The van der Waals surface area contributed by atoms with E-state index in [4.69, 9.17) is 0 Å². The molecule has 6 heteroatoms. The molecular weight excluding hydrogens is 287 g/mol. The third kappa shape index (κ3) is 3.28. The highest BCUT2D eigenvalue weighted by molar-refractivity contribution is 5.96. The summed E-state index contributed by atoms with van der Waals surface area (Å²) in [5, 5.41) is 13.7. The maximum atomic E-state index is 12.9. The van der Waals surface area contributed by atoms with Gasteiger partial charge in [0.1, 0.15) is 5.82 Å². The van der Waals surface area contributed by atoms with Crippen LogP contribution in [-0.4, -0.2) is 10.8 Å². The first kappa shape index (κ1) is 15.6. The number of carbonyl (C=O) groups is 1. The zero-order valence-corrected chi connectivity index (χ0v) is 12.2. The Morgan fingerprint density at radius 1 is 1.23 bits per heavy atom. The Morgan fingerprint density at radius 2 is 1.86 bits per heavy atom. The molecule has 5 nitrogen and oxygen atoms in total. The van der Waals surface area contributed by atoms with Crippen molar-refractivity contribution in [1.29, 1.82) is 0 Å². The fraction of sp³-hybridized carbons (Fsp3) is 0.188. The molecule has 0 spiro atoms. The van der Waals surface area contributed by atoms with Crippen LogP contribution in [0, 0.1) is 22.9 Å². The van der Waals surface area contributed by atoms with Crippen molar-refractivity contribution < 1.29 is 14.1 Å². The van der Waals surface area contributed by atoms with Gasteiger partial charge in [0.15, 0.2) is 0 Å². The van der Waals surface area contributed by atoms with Crippen LogP contribution in [0.4, 0.5) is 10.1 Å². The highest BCUT2D eigenvalue weighted by Gasteiger charge is 2.19. The normalized spacial score (nSPS) is 11.8. The second-order valence-electron chi connectivity index (χ2n) is 4.95. The molecule has 0 saturated heterocycles. The molecule has 0 unspecified atom stereocenters. The number of hydrogen-bond donors (Lipinski definition) is 1. The highest BCUT2D eigenvalue weighted by Crippen LogP contribution is 2.22. The Labute approximate surface area is 126 Å². The van der Waals surface area contributed by atoms with Gasteiger partial charge >= 0.3 is 0 Å². The quantitative estimate of drug-likeness (QED) is 0.693. The van der Waals surface area contributed by atoms with Crippen LogP contribution < -0.4 is 5.32 Å². The third-order valence-electron chi connectivity index (χ3n) is 3.46. The number of nitro benzene ring substituents is 1. The molecule has 1 amide bonds. The van der Waals surface area contributed by atoms with Crippen LogP contribution in [0.5, 0.6) is 0 Å². The van der Waals surface area contributed by atoms with Crippen molar-refractivity contribution in [2.45, 2.75) is 19.9 Å². The van der Waals surface area contributed by atoms with Crippen LogP contribution in [0.2, 0.25) is 0 Å². The predicted octanol–water partition coefficient (Wildman–Crippen LogP) is 3.53. The Balaban J connectivity index is 2.20. The minimum absolute atomic E-state index is 0.0953. The van der Waals surface area contributed by atoms with Crippen molar-refractivity contribution in [1.82, 2.24) is 5.32 Å². The van der Waals surface area contributed by atoms with E-state index in [0.29, 0.717) is 5.56 Å². The average Bonchev–Trinajstić information content (AvgIpc) is 2.47. The molecule has 1 atom stereocenters. The van der Waals surface area contributed by atoms with Crippen molar-refractivity contribution in [3.05, 3.63) is 75.1 Å². The van der Waals surface area contributed by atoms with E-state index >= 15 is 0 Å². The number of nitrogens with one attached hydrogen (secondary N) is 1. The first-order chi connectivity index (χ1) is 10.4. The first-order valence-corrected chi connectivity index (χ1v) is 6.70. The molecule has 22 heavy (non-hydrogen) atoms. The molecule has 0 bridgehead atoms. The zero-order chi connectivity index (χ0) is 16.3. The number of rotatable bonds is 4. The van der Waals surface area contributed by atoms with Crippen LogP contribution in [-0.2, 0) is 0 Å². The minimum atomic E-state index is -0.518. The van der Waals surface area contributed by atoms with Crippen LogP contribution >= 0.6 is 0 Å². The number of amides is 1. The maximum Gasteiger partial charge on any atom is 0.273 e. The molecule has 0 aliphatic heterocycles. The molecule has 114 valence electrons. The van der Waals surface area contributed by atoms with Crippen molar-refractivity contribution in [3.8, 4) is 0 Å². The van der Waals surface area contributed by atoms with Crippen LogP contribution in [0.3, 0.4) is 0 Å². The Morgan fingerprint density at radius 3 is 2.45 bits per heavy atom. The minimum Gasteiger partial charge on any atom is -0.346 e. The van der Waals surface area contributed by atoms with Gasteiger partial charge in [-0.05, 0) is 37.6 Å². The fourth-order valence-corrected chi connectivity index (χ4v) is 2.18. The number of nitrogens with zero attached hydrogens (tertiary/aromatic N) is 1. The van der Waals surface area contributed by atoms with Crippen molar-refractivity contribution in [2.75, 3.05) is 0 Å². The summed E-state index contributed by atoms with van der Waals surface area (Å²) >= 11 is 0. The van der Waals surface area contributed by atoms with Crippen LogP contribution in [0.25, 0.3) is 0 Å². The van der Waals surface area contributed by atoms with E-state index < -0.39 is 10.8 Å². The fourth-order valence-electron chi connectivity index (χ4n) is 2.18. The van der Waals surface area contributed by atoms with E-state index in [-0.39, 0.29) is 23.1 Å². The summed E-state index contributed by atoms with van der Waals surface area (Å²) < 4.78 is 12.9. The molecule has 0 aromatic heterocycles. The van der Waals surface area contributed by atoms with Gasteiger partial charge in [0, 0.05) is 17.2 Å². The van der Waals surface area contributed by atoms with Gasteiger partial charge in [0.05, 0.1) is 11.0 Å². The van der Waals surface area contributed by atoms with Crippen molar-refractivity contribution >= 4 is 11.6 Å². The average molecular weight is 302 g/mol. The summed E-state index contributed by atoms with van der Waals surface area (Å²) in [6.45, 7) is 3.30. The van der Waals surface area contributed by atoms with E-state index in [9.17, 15) is 19.3 Å². The lowest BCUT2D eigenvalue weighted by molar-refractivity contribution is -0.385. The molecule has 0 fully saturated rings. The Bertz CT molecular complexity index is 714. The van der Waals surface area contributed by atoms with Gasteiger partial charge in [-0.3, -0.25) is 14.9 Å². The summed E-state index contributed by atoms with van der Waals surface area (Å²) in [7, 11) is 0. The topological polar surface area (TPSA) is 72.2 Å². The monoisotopic (exact) mass is 302 g/mol. The summed E-state index contributed by atoms with van der Waals surface area (Å²) in [5.74, 6) is -0.755. The molecule has 0 aliphatic rings. The van der Waals surface area contributed by atoms with Gasteiger partial charge in [-0.25, -0.2) is 4.39 Å². The second kappa shape index (κ2) is 6.34. The number of carbonyl (C=O) groups excluding carboxylic acids is 1. The standard InChI is InChI=1S/C16H15FN2O3/c1-10-14(4-3-5-15(10)19(21)22)16(20)18-11(2)12-6-8-13(17)9-7-12/h3-9,11H,1-2H3,(H,18,20)/t11-/m1/s1. The molecule has 2 aromatic carbocycles. The van der Waals surface area contributed by atoms with Crippen molar-refractivity contribution in [3.63, 3.8) is 0 Å². The lowest BCUT2D eigenvalue weighted by Crippen LogP contribution is -2.27. The van der Waals surface area contributed by atoms with E-state index in [1.165, 1.54) is 37.3 Å². The Hall–Kier alpha value is -2.76. The van der Waals surface area contributed by atoms with E-state index in [1.807, 2.05) is 0 Å². The molecule has 0 saturated carbocycles. The number of hydrogen-bond acceptors (Lipinski definition) is 3. The summed E-state index contributed by atoms with van der Waals surface area (Å²) in [4.78, 5) is 22.7. The lowest BCUT2D eigenvalue weighted by Gasteiger charge is -2.15. The number of benzene rings is 2.